The number of nitrogens with one attached hydrogen (secondary N) is 1. The first kappa shape index (κ1) is 8.82. The zero-order chi connectivity index (χ0) is 10.1. The summed E-state index contributed by atoms with van der Waals surface area (Å²) in [7, 11) is 3.81. The molecule has 1 N–H and O–H groups in total. The number of fused-ring (bicyclic) bond motifs is 1. The van der Waals surface area contributed by atoms with Crippen LogP contribution in [0.25, 0.3) is 11.2 Å². The molecule has 7 nitrogen and oxygen atoms in total. The first-order chi connectivity index (χ1) is 6.68. The van der Waals surface area contributed by atoms with E-state index in [-0.39, 0.29) is 11.1 Å². The number of hydrogen-bond donors (Lipinski definition) is 1. The first-order valence-electron chi connectivity index (χ1n) is 4.10. The van der Waals surface area contributed by atoms with Gasteiger partial charge in [0.15, 0.2) is 11.2 Å². The van der Waals surface area contributed by atoms with Crippen molar-refractivity contribution in [2.24, 2.45) is 0 Å². The van der Waals surface area contributed by atoms with Gasteiger partial charge in [-0.05, 0) is 14.1 Å². The van der Waals surface area contributed by atoms with Gasteiger partial charge in [-0.3, -0.25) is 9.69 Å². The molecule has 0 bridgehead atoms. The summed E-state index contributed by atoms with van der Waals surface area (Å²) in [5.41, 5.74) is 0.511. The number of rotatable bonds is 2. The van der Waals surface area contributed by atoms with E-state index in [0.717, 1.165) is 0 Å². The van der Waals surface area contributed by atoms with E-state index >= 15 is 0 Å². The predicted octanol–water partition coefficient (Wildman–Crippen LogP) is -0.966. The Labute approximate surface area is 79.4 Å². The summed E-state index contributed by atoms with van der Waals surface area (Å²) in [5, 5.41) is 7.59. The van der Waals surface area contributed by atoms with Gasteiger partial charge in [-0.15, -0.1) is 5.10 Å². The Kier molecular flexibility index (Phi) is 2.01. The molecule has 14 heavy (non-hydrogen) atoms. The molecule has 0 radical (unpaired) electrons. The third-order valence-electron chi connectivity index (χ3n) is 1.72. The van der Waals surface area contributed by atoms with Gasteiger partial charge in [0, 0.05) is 0 Å². The van der Waals surface area contributed by atoms with Crippen LogP contribution in [0.15, 0.2) is 11.1 Å². The molecule has 0 spiro atoms. The molecule has 2 aromatic rings. The highest BCUT2D eigenvalue weighted by atomic mass is 16.1. The lowest BCUT2D eigenvalue weighted by Crippen LogP contribution is -2.18. The van der Waals surface area contributed by atoms with Crippen molar-refractivity contribution in [2.45, 2.75) is 6.67 Å². The fourth-order valence-corrected chi connectivity index (χ4v) is 1.17. The highest BCUT2D eigenvalue weighted by Crippen LogP contribution is 2.00. The highest BCUT2D eigenvalue weighted by molar-refractivity contribution is 5.67. The van der Waals surface area contributed by atoms with Crippen molar-refractivity contribution in [1.29, 1.82) is 0 Å². The van der Waals surface area contributed by atoms with Crippen LogP contribution in [0, 0.1) is 0 Å². The summed E-state index contributed by atoms with van der Waals surface area (Å²) in [4.78, 5) is 19.6. The molecule has 2 aromatic heterocycles. The van der Waals surface area contributed by atoms with Gasteiger partial charge in [0.05, 0.1) is 13.0 Å². The largest absolute Gasteiger partial charge is 0.311 e. The Morgan fingerprint density at radius 1 is 1.57 bits per heavy atom. The van der Waals surface area contributed by atoms with Crippen LogP contribution in [0.1, 0.15) is 0 Å². The van der Waals surface area contributed by atoms with Crippen LogP contribution in [0.5, 0.6) is 0 Å². The predicted molar refractivity (Wildman–Crippen MR) is 49.6 cm³/mol. The Hall–Kier alpha value is -1.76. The van der Waals surface area contributed by atoms with E-state index in [0.29, 0.717) is 12.3 Å². The molecular formula is C7H10N6O. The number of hydrogen-bond acceptors (Lipinski definition) is 5. The molecule has 7 heteroatoms. The number of H-pyrrole nitrogens is 1. The quantitative estimate of drug-likeness (QED) is 0.665. The minimum Gasteiger partial charge on any atom is -0.311 e. The van der Waals surface area contributed by atoms with Gasteiger partial charge in [0.25, 0.3) is 5.56 Å². The smallest absolute Gasteiger partial charge is 0.280 e. The van der Waals surface area contributed by atoms with Gasteiger partial charge in [0.2, 0.25) is 0 Å². The minimum atomic E-state index is -0.264. The Morgan fingerprint density at radius 3 is 3.07 bits per heavy atom. The fraction of sp³-hybridized carbons (Fsp3) is 0.429. The van der Waals surface area contributed by atoms with Crippen LogP contribution < -0.4 is 5.56 Å². The Morgan fingerprint density at radius 2 is 2.36 bits per heavy atom. The zero-order valence-corrected chi connectivity index (χ0v) is 7.93. The number of nitrogens with zero attached hydrogens (tertiary/aromatic N) is 5. The number of aromatic amines is 1. The molecular weight excluding hydrogens is 184 g/mol. The molecule has 0 aliphatic carbocycles. The van der Waals surface area contributed by atoms with Gasteiger partial charge in [0.1, 0.15) is 0 Å². The van der Waals surface area contributed by atoms with Crippen LogP contribution in [0.4, 0.5) is 0 Å². The van der Waals surface area contributed by atoms with Crippen LogP contribution in [0.2, 0.25) is 0 Å². The van der Waals surface area contributed by atoms with Gasteiger partial charge in [-0.2, -0.15) is 0 Å². The summed E-state index contributed by atoms with van der Waals surface area (Å²) < 4.78 is 1.57. The summed E-state index contributed by atoms with van der Waals surface area (Å²) in [6, 6.07) is 0. The van der Waals surface area contributed by atoms with E-state index in [9.17, 15) is 4.79 Å². The van der Waals surface area contributed by atoms with Crippen LogP contribution in [-0.2, 0) is 6.67 Å². The maximum atomic E-state index is 11.3. The Balaban J connectivity index is 2.58. The SMILES string of the molecule is CN(C)Cn1nnc2c(=O)[nH]cnc21. The second kappa shape index (κ2) is 3.18. The van der Waals surface area contributed by atoms with Crippen molar-refractivity contribution >= 4 is 11.2 Å². The lowest BCUT2D eigenvalue weighted by molar-refractivity contribution is 0.308. The average Bonchev–Trinajstić information content (AvgIpc) is 2.49. The molecule has 0 amide bonds. The molecule has 0 aliphatic rings. The molecule has 0 fully saturated rings. The summed E-state index contributed by atoms with van der Waals surface area (Å²) in [6.07, 6.45) is 1.35. The minimum absolute atomic E-state index is 0.264. The third kappa shape index (κ3) is 1.37. The van der Waals surface area contributed by atoms with Crippen molar-refractivity contribution in [1.82, 2.24) is 29.9 Å². The van der Waals surface area contributed by atoms with Gasteiger partial charge in [-0.25, -0.2) is 9.67 Å². The van der Waals surface area contributed by atoms with Crippen molar-refractivity contribution in [3.05, 3.63) is 16.7 Å². The maximum Gasteiger partial charge on any atom is 0.280 e. The normalized spacial score (nSPS) is 11.4. The average molecular weight is 194 g/mol. The lowest BCUT2D eigenvalue weighted by atomic mass is 10.5. The van der Waals surface area contributed by atoms with Gasteiger partial charge in [-0.1, -0.05) is 5.21 Å². The highest BCUT2D eigenvalue weighted by Gasteiger charge is 2.08. The third-order valence-corrected chi connectivity index (χ3v) is 1.72. The van der Waals surface area contributed by atoms with Crippen molar-refractivity contribution < 1.29 is 0 Å². The van der Waals surface area contributed by atoms with E-state index in [1.807, 2.05) is 19.0 Å². The van der Waals surface area contributed by atoms with Crippen LogP contribution >= 0.6 is 0 Å². The summed E-state index contributed by atoms with van der Waals surface area (Å²) >= 11 is 0. The molecule has 2 rings (SSSR count). The van der Waals surface area contributed by atoms with E-state index in [1.54, 1.807) is 4.68 Å². The fourth-order valence-electron chi connectivity index (χ4n) is 1.17. The van der Waals surface area contributed by atoms with Crippen molar-refractivity contribution in [2.75, 3.05) is 14.1 Å². The first-order valence-corrected chi connectivity index (χ1v) is 4.10. The molecule has 0 saturated heterocycles. The summed E-state index contributed by atoms with van der Waals surface area (Å²) in [6.45, 7) is 0.549. The van der Waals surface area contributed by atoms with Gasteiger partial charge >= 0.3 is 0 Å². The molecule has 74 valence electrons. The van der Waals surface area contributed by atoms with Crippen molar-refractivity contribution in [3.63, 3.8) is 0 Å². The zero-order valence-electron chi connectivity index (χ0n) is 7.93. The molecule has 0 atom stereocenters. The molecule has 2 heterocycles. The molecule has 0 aliphatic heterocycles. The van der Waals surface area contributed by atoms with Gasteiger partial charge < -0.3 is 4.98 Å². The Bertz CT molecular complexity index is 498. The topological polar surface area (TPSA) is 79.7 Å². The van der Waals surface area contributed by atoms with E-state index in [1.165, 1.54) is 6.33 Å². The van der Waals surface area contributed by atoms with Crippen molar-refractivity contribution in [3.8, 4) is 0 Å². The maximum absolute atomic E-state index is 11.3. The summed E-state index contributed by atoms with van der Waals surface area (Å²) in [5.74, 6) is 0. The molecule has 0 aromatic carbocycles. The second-order valence-corrected chi connectivity index (χ2v) is 3.21. The number of aromatic nitrogens is 5. The van der Waals surface area contributed by atoms with E-state index in [2.05, 4.69) is 20.3 Å². The van der Waals surface area contributed by atoms with E-state index < -0.39 is 0 Å². The molecule has 0 saturated carbocycles. The standard InChI is InChI=1S/C7H10N6O/c1-12(2)4-13-6-5(10-11-13)7(14)9-3-8-6/h3H,4H2,1-2H3,(H,8,9,14). The lowest BCUT2D eigenvalue weighted by Gasteiger charge is -2.08. The van der Waals surface area contributed by atoms with E-state index in [4.69, 9.17) is 0 Å². The second-order valence-electron chi connectivity index (χ2n) is 3.21. The van der Waals surface area contributed by atoms with Crippen LogP contribution in [0.3, 0.4) is 0 Å². The van der Waals surface area contributed by atoms with Crippen LogP contribution in [-0.4, -0.2) is 44.0 Å². The molecule has 0 unspecified atom stereocenters. The monoisotopic (exact) mass is 194 g/mol.